The molecule has 5 nitrogen and oxygen atoms in total. The van der Waals surface area contributed by atoms with Crippen LogP contribution in [-0.2, 0) is 9.73 Å². The molecule has 0 unspecified atom stereocenters. The van der Waals surface area contributed by atoms with E-state index in [1.807, 2.05) is 13.8 Å². The van der Waals surface area contributed by atoms with Crippen molar-refractivity contribution in [2.24, 2.45) is 4.36 Å². The van der Waals surface area contributed by atoms with E-state index in [0.717, 1.165) is 0 Å². The van der Waals surface area contributed by atoms with Crippen LogP contribution >= 0.6 is 0 Å². The Bertz CT molecular complexity index is 477. The zero-order valence-electron chi connectivity index (χ0n) is 9.25. The Hall–Kier alpha value is -1.43. The van der Waals surface area contributed by atoms with Crippen molar-refractivity contribution in [2.45, 2.75) is 13.8 Å². The Morgan fingerprint density at radius 3 is 2.12 bits per heavy atom. The maximum absolute atomic E-state index is 12.0. The van der Waals surface area contributed by atoms with E-state index < -0.39 is 14.7 Å². The zero-order chi connectivity index (χ0) is 12.2. The van der Waals surface area contributed by atoms with Crippen molar-refractivity contribution >= 4 is 21.1 Å². The molecule has 88 valence electrons. The zero-order valence-corrected chi connectivity index (χ0v) is 10.1. The highest BCUT2D eigenvalue weighted by atomic mass is 32.2. The van der Waals surface area contributed by atoms with Crippen molar-refractivity contribution in [3.63, 3.8) is 0 Å². The minimum Gasteiger partial charge on any atom is -0.258 e. The summed E-state index contributed by atoms with van der Waals surface area (Å²) >= 11 is 0. The smallest absolute Gasteiger partial charge is 0.258 e. The Labute approximate surface area is 94.8 Å². The third-order valence-electron chi connectivity index (χ3n) is 2.23. The fourth-order valence-corrected chi connectivity index (χ4v) is 2.33. The molecule has 6 heteroatoms. The standard InChI is InChI=1S/C10H14N2O3S/c1-3-16(15,4-2)11-9-5-7-10(8-6-9)12(13)14/h5-8H,3-4H2,1-2H3. The lowest BCUT2D eigenvalue weighted by molar-refractivity contribution is -0.384. The topological polar surface area (TPSA) is 72.6 Å². The van der Waals surface area contributed by atoms with E-state index in [1.54, 1.807) is 0 Å². The van der Waals surface area contributed by atoms with Crippen LogP contribution in [-0.4, -0.2) is 20.6 Å². The van der Waals surface area contributed by atoms with Crippen LogP contribution in [0.25, 0.3) is 0 Å². The number of hydrogen-bond donors (Lipinski definition) is 0. The Morgan fingerprint density at radius 2 is 1.75 bits per heavy atom. The Morgan fingerprint density at radius 1 is 1.25 bits per heavy atom. The number of non-ortho nitro benzene ring substituents is 1. The number of hydrogen-bond acceptors (Lipinski definition) is 4. The summed E-state index contributed by atoms with van der Waals surface area (Å²) in [7, 11) is -2.20. The van der Waals surface area contributed by atoms with Gasteiger partial charge in [0.1, 0.15) is 0 Å². The second kappa shape index (κ2) is 5.07. The average molecular weight is 242 g/mol. The first kappa shape index (κ1) is 12.6. The molecule has 16 heavy (non-hydrogen) atoms. The quantitative estimate of drug-likeness (QED) is 0.602. The van der Waals surface area contributed by atoms with Gasteiger partial charge in [-0.15, -0.1) is 0 Å². The van der Waals surface area contributed by atoms with Crippen LogP contribution < -0.4 is 0 Å². The highest BCUT2D eigenvalue weighted by Gasteiger charge is 2.06. The molecular weight excluding hydrogens is 228 g/mol. The second-order valence-corrected chi connectivity index (χ2v) is 6.10. The van der Waals surface area contributed by atoms with Crippen LogP contribution in [0.1, 0.15) is 13.8 Å². The number of rotatable bonds is 4. The molecule has 0 fully saturated rings. The summed E-state index contributed by atoms with van der Waals surface area (Å²) in [5, 5.41) is 10.4. The van der Waals surface area contributed by atoms with Crippen LogP contribution in [0.5, 0.6) is 0 Å². The van der Waals surface area contributed by atoms with E-state index in [4.69, 9.17) is 0 Å². The first-order valence-corrected chi connectivity index (χ1v) is 6.83. The highest BCUT2D eigenvalue weighted by Crippen LogP contribution is 2.19. The van der Waals surface area contributed by atoms with Crippen molar-refractivity contribution in [2.75, 3.05) is 11.5 Å². The fourth-order valence-electron chi connectivity index (χ4n) is 1.16. The first-order chi connectivity index (χ1) is 7.50. The second-order valence-electron chi connectivity index (χ2n) is 3.21. The molecule has 1 aromatic carbocycles. The number of benzene rings is 1. The van der Waals surface area contributed by atoms with Gasteiger partial charge in [-0.1, -0.05) is 13.8 Å². The number of nitro groups is 1. The molecule has 0 saturated carbocycles. The van der Waals surface area contributed by atoms with Crippen LogP contribution in [0.2, 0.25) is 0 Å². The summed E-state index contributed by atoms with van der Waals surface area (Å²) in [5.74, 6) is 0.973. The molecule has 0 radical (unpaired) electrons. The maximum Gasteiger partial charge on any atom is 0.269 e. The molecule has 0 aliphatic heterocycles. The van der Waals surface area contributed by atoms with E-state index in [0.29, 0.717) is 17.2 Å². The van der Waals surface area contributed by atoms with Gasteiger partial charge in [0.25, 0.3) is 5.69 Å². The van der Waals surface area contributed by atoms with Gasteiger partial charge in [-0.3, -0.25) is 10.1 Å². The van der Waals surface area contributed by atoms with Crippen LogP contribution in [0.3, 0.4) is 0 Å². The molecule has 0 atom stereocenters. The van der Waals surface area contributed by atoms with Crippen molar-refractivity contribution in [1.29, 1.82) is 0 Å². The number of nitrogens with zero attached hydrogens (tertiary/aromatic N) is 2. The summed E-state index contributed by atoms with van der Waals surface area (Å²) in [6.07, 6.45) is 0. The highest BCUT2D eigenvalue weighted by molar-refractivity contribution is 7.93. The van der Waals surface area contributed by atoms with E-state index in [9.17, 15) is 14.3 Å². The molecule has 0 aliphatic rings. The van der Waals surface area contributed by atoms with E-state index in [1.165, 1.54) is 24.3 Å². The fraction of sp³-hybridized carbons (Fsp3) is 0.400. The minimum absolute atomic E-state index is 0.0124. The molecule has 0 saturated heterocycles. The Balaban J connectivity index is 3.08. The first-order valence-electron chi connectivity index (χ1n) is 4.97. The molecule has 0 N–H and O–H groups in total. The lowest BCUT2D eigenvalue weighted by atomic mass is 10.3. The summed E-state index contributed by atoms with van der Waals surface area (Å²) in [6.45, 7) is 3.64. The average Bonchev–Trinajstić information content (AvgIpc) is 2.29. The van der Waals surface area contributed by atoms with Gasteiger partial charge >= 0.3 is 0 Å². The molecule has 0 amide bonds. The largest absolute Gasteiger partial charge is 0.269 e. The van der Waals surface area contributed by atoms with Gasteiger partial charge in [-0.25, -0.2) is 4.21 Å². The van der Waals surface area contributed by atoms with Gasteiger partial charge in [0, 0.05) is 23.6 Å². The molecule has 0 aromatic heterocycles. The molecule has 0 bridgehead atoms. The van der Waals surface area contributed by atoms with Crippen LogP contribution in [0, 0.1) is 10.1 Å². The molecular formula is C10H14N2O3S. The summed E-state index contributed by atoms with van der Waals surface area (Å²) in [4.78, 5) is 9.96. The SMILES string of the molecule is CCS(=O)(CC)=Nc1ccc([N+](=O)[O-])cc1. The van der Waals surface area contributed by atoms with Gasteiger partial charge in [-0.2, -0.15) is 4.36 Å². The van der Waals surface area contributed by atoms with Gasteiger partial charge < -0.3 is 0 Å². The predicted molar refractivity (Wildman–Crippen MR) is 64.4 cm³/mol. The lowest BCUT2D eigenvalue weighted by Gasteiger charge is -2.03. The van der Waals surface area contributed by atoms with E-state index in [-0.39, 0.29) is 5.69 Å². The third kappa shape index (κ3) is 3.03. The van der Waals surface area contributed by atoms with Gasteiger partial charge in [-0.05, 0) is 12.1 Å². The van der Waals surface area contributed by atoms with E-state index >= 15 is 0 Å². The molecule has 1 rings (SSSR count). The van der Waals surface area contributed by atoms with Gasteiger partial charge in [0.15, 0.2) is 0 Å². The maximum atomic E-state index is 12.0. The monoisotopic (exact) mass is 242 g/mol. The third-order valence-corrected chi connectivity index (χ3v) is 4.58. The molecule has 0 heterocycles. The van der Waals surface area contributed by atoms with Gasteiger partial charge in [0.2, 0.25) is 0 Å². The molecule has 0 spiro atoms. The summed E-state index contributed by atoms with van der Waals surface area (Å²) < 4.78 is 16.1. The van der Waals surface area contributed by atoms with Crippen LogP contribution in [0.15, 0.2) is 28.6 Å². The van der Waals surface area contributed by atoms with Crippen molar-refractivity contribution in [3.8, 4) is 0 Å². The summed E-state index contributed by atoms with van der Waals surface area (Å²) in [5.41, 5.74) is 0.540. The molecule has 0 aliphatic carbocycles. The lowest BCUT2D eigenvalue weighted by Crippen LogP contribution is -2.04. The minimum atomic E-state index is -2.20. The van der Waals surface area contributed by atoms with Gasteiger partial charge in [0.05, 0.1) is 20.3 Å². The number of nitro benzene ring substituents is 1. The predicted octanol–water partition coefficient (Wildman–Crippen LogP) is 2.73. The van der Waals surface area contributed by atoms with Crippen molar-refractivity contribution in [1.82, 2.24) is 0 Å². The summed E-state index contributed by atoms with van der Waals surface area (Å²) in [6, 6.07) is 5.76. The Kier molecular flexibility index (Phi) is 4.00. The normalized spacial score (nSPS) is 11.1. The van der Waals surface area contributed by atoms with Crippen molar-refractivity contribution < 1.29 is 9.13 Å². The van der Waals surface area contributed by atoms with Crippen molar-refractivity contribution in [3.05, 3.63) is 34.4 Å². The van der Waals surface area contributed by atoms with E-state index in [2.05, 4.69) is 4.36 Å². The molecule has 1 aromatic rings. The van der Waals surface area contributed by atoms with Crippen LogP contribution in [0.4, 0.5) is 11.4 Å².